The quantitative estimate of drug-likeness (QED) is 0.747. The van der Waals surface area contributed by atoms with Crippen molar-refractivity contribution in [3.05, 3.63) is 41.8 Å². The Morgan fingerprint density at radius 3 is 2.59 bits per heavy atom. The van der Waals surface area contributed by atoms with Crippen LogP contribution < -0.4 is 5.32 Å². The van der Waals surface area contributed by atoms with Crippen LogP contribution in [-0.2, 0) is 9.59 Å². The molecule has 1 aliphatic heterocycles. The summed E-state index contributed by atoms with van der Waals surface area (Å²) in [6.45, 7) is 2.91. The number of amides is 3. The van der Waals surface area contributed by atoms with Gasteiger partial charge in [-0.05, 0) is 37.1 Å². The molecule has 2 fully saturated rings. The molecule has 2 aromatic rings. The van der Waals surface area contributed by atoms with Crippen LogP contribution in [0.15, 0.2) is 30.5 Å². The maximum atomic E-state index is 13.4. The summed E-state index contributed by atoms with van der Waals surface area (Å²) in [5.74, 6) is -0.952. The van der Waals surface area contributed by atoms with Crippen LogP contribution in [0.5, 0.6) is 0 Å². The SMILES string of the molecule is CC(=O)N1CCN(C(=O)c2cn[nH]c2-c2ccc(F)cc2)CCNC(=O)[C@H]2CCCC[C@H]21. The van der Waals surface area contributed by atoms with Gasteiger partial charge in [0.25, 0.3) is 5.91 Å². The van der Waals surface area contributed by atoms with E-state index >= 15 is 0 Å². The molecule has 4 rings (SSSR count). The van der Waals surface area contributed by atoms with E-state index < -0.39 is 0 Å². The number of H-pyrrole nitrogens is 1. The van der Waals surface area contributed by atoms with Crippen molar-refractivity contribution in [2.45, 2.75) is 38.6 Å². The zero-order chi connectivity index (χ0) is 22.7. The van der Waals surface area contributed by atoms with Crippen LogP contribution in [0.25, 0.3) is 11.3 Å². The van der Waals surface area contributed by atoms with E-state index in [-0.39, 0.29) is 35.5 Å². The smallest absolute Gasteiger partial charge is 0.257 e. The molecule has 8 nitrogen and oxygen atoms in total. The molecule has 1 saturated carbocycles. The molecule has 32 heavy (non-hydrogen) atoms. The van der Waals surface area contributed by atoms with Crippen molar-refractivity contribution in [1.82, 2.24) is 25.3 Å². The van der Waals surface area contributed by atoms with Crippen molar-refractivity contribution in [2.24, 2.45) is 5.92 Å². The Bertz CT molecular complexity index is 990. The fourth-order valence-electron chi connectivity index (χ4n) is 4.79. The minimum Gasteiger partial charge on any atom is -0.354 e. The Balaban J connectivity index is 1.57. The lowest BCUT2D eigenvalue weighted by Gasteiger charge is -2.40. The summed E-state index contributed by atoms with van der Waals surface area (Å²) < 4.78 is 13.3. The molecule has 2 aliphatic rings. The van der Waals surface area contributed by atoms with Gasteiger partial charge in [0.1, 0.15) is 5.82 Å². The first-order chi connectivity index (χ1) is 15.5. The van der Waals surface area contributed by atoms with E-state index in [9.17, 15) is 18.8 Å². The number of rotatable bonds is 2. The molecule has 3 amide bonds. The number of nitrogens with one attached hydrogen (secondary N) is 2. The molecule has 0 spiro atoms. The summed E-state index contributed by atoms with van der Waals surface area (Å²) in [6.07, 6.45) is 4.99. The second-order valence-corrected chi connectivity index (χ2v) is 8.42. The van der Waals surface area contributed by atoms with Gasteiger partial charge in [0.05, 0.1) is 23.4 Å². The maximum Gasteiger partial charge on any atom is 0.257 e. The van der Waals surface area contributed by atoms with E-state index in [1.807, 2.05) is 0 Å². The lowest BCUT2D eigenvalue weighted by atomic mass is 9.82. The third-order valence-corrected chi connectivity index (χ3v) is 6.45. The maximum absolute atomic E-state index is 13.4. The Kier molecular flexibility index (Phi) is 6.53. The molecule has 170 valence electrons. The van der Waals surface area contributed by atoms with E-state index in [4.69, 9.17) is 0 Å². The summed E-state index contributed by atoms with van der Waals surface area (Å²) in [7, 11) is 0. The first-order valence-electron chi connectivity index (χ1n) is 11.1. The molecular formula is C23H28FN5O3. The van der Waals surface area contributed by atoms with Crippen molar-refractivity contribution in [3.63, 3.8) is 0 Å². The fourth-order valence-corrected chi connectivity index (χ4v) is 4.79. The van der Waals surface area contributed by atoms with E-state index in [0.717, 1.165) is 25.7 Å². The molecular weight excluding hydrogens is 413 g/mol. The summed E-state index contributed by atoms with van der Waals surface area (Å²) in [5.41, 5.74) is 1.52. The van der Waals surface area contributed by atoms with Gasteiger partial charge in [0.2, 0.25) is 11.8 Å². The van der Waals surface area contributed by atoms with Crippen molar-refractivity contribution in [3.8, 4) is 11.3 Å². The number of aromatic nitrogens is 2. The summed E-state index contributed by atoms with van der Waals surface area (Å²) in [4.78, 5) is 42.0. The number of nitrogens with zero attached hydrogens (tertiary/aromatic N) is 3. The lowest BCUT2D eigenvalue weighted by Crippen LogP contribution is -2.55. The monoisotopic (exact) mass is 441 g/mol. The van der Waals surface area contributed by atoms with Crippen molar-refractivity contribution in [2.75, 3.05) is 26.2 Å². The minimum atomic E-state index is -0.363. The number of fused-ring (bicyclic) bond motifs is 1. The molecule has 1 aromatic heterocycles. The van der Waals surface area contributed by atoms with E-state index in [1.165, 1.54) is 25.3 Å². The number of carbonyl (C=O) groups is 3. The largest absolute Gasteiger partial charge is 0.354 e. The van der Waals surface area contributed by atoms with Gasteiger partial charge in [-0.1, -0.05) is 12.8 Å². The molecule has 2 N–H and O–H groups in total. The average molecular weight is 442 g/mol. The Morgan fingerprint density at radius 2 is 1.84 bits per heavy atom. The average Bonchev–Trinajstić information content (AvgIpc) is 3.28. The van der Waals surface area contributed by atoms with Crippen LogP contribution in [0.4, 0.5) is 4.39 Å². The van der Waals surface area contributed by atoms with Crippen LogP contribution in [0, 0.1) is 11.7 Å². The summed E-state index contributed by atoms with van der Waals surface area (Å²) >= 11 is 0. The Labute approximate surface area is 186 Å². The minimum absolute atomic E-state index is 0.0504. The molecule has 0 unspecified atom stereocenters. The molecule has 1 aliphatic carbocycles. The second-order valence-electron chi connectivity index (χ2n) is 8.42. The van der Waals surface area contributed by atoms with Crippen LogP contribution >= 0.6 is 0 Å². The van der Waals surface area contributed by atoms with Crippen molar-refractivity contribution in [1.29, 1.82) is 0 Å². The predicted molar refractivity (Wildman–Crippen MR) is 116 cm³/mol. The van der Waals surface area contributed by atoms with Gasteiger partial charge in [-0.3, -0.25) is 19.5 Å². The zero-order valence-corrected chi connectivity index (χ0v) is 18.1. The molecule has 0 bridgehead atoms. The molecule has 2 atom stereocenters. The van der Waals surface area contributed by atoms with Crippen LogP contribution in [0.3, 0.4) is 0 Å². The first-order valence-corrected chi connectivity index (χ1v) is 11.1. The van der Waals surface area contributed by atoms with Crippen LogP contribution in [0.2, 0.25) is 0 Å². The molecule has 1 saturated heterocycles. The normalized spacial score (nSPS) is 22.1. The Morgan fingerprint density at radius 1 is 1.09 bits per heavy atom. The Hall–Kier alpha value is -3.23. The van der Waals surface area contributed by atoms with Gasteiger partial charge in [-0.2, -0.15) is 5.10 Å². The third kappa shape index (κ3) is 4.51. The van der Waals surface area contributed by atoms with Crippen molar-refractivity contribution < 1.29 is 18.8 Å². The highest BCUT2D eigenvalue weighted by atomic mass is 19.1. The summed E-state index contributed by atoms with van der Waals surface area (Å²) in [5, 5.41) is 9.81. The number of aromatic amines is 1. The molecule has 1 aromatic carbocycles. The predicted octanol–water partition coefficient (Wildman–Crippen LogP) is 2.20. The highest BCUT2D eigenvalue weighted by Crippen LogP contribution is 2.29. The number of carbonyl (C=O) groups excluding carboxylic acids is 3. The van der Waals surface area contributed by atoms with E-state index in [2.05, 4.69) is 15.5 Å². The van der Waals surface area contributed by atoms with Gasteiger partial charge in [0, 0.05) is 44.7 Å². The number of benzene rings is 1. The van der Waals surface area contributed by atoms with Gasteiger partial charge in [-0.15, -0.1) is 0 Å². The highest BCUT2D eigenvalue weighted by molar-refractivity contribution is 5.99. The fraction of sp³-hybridized carbons (Fsp3) is 0.478. The number of hydrogen-bond donors (Lipinski definition) is 2. The molecule has 9 heteroatoms. The highest BCUT2D eigenvalue weighted by Gasteiger charge is 2.37. The van der Waals surface area contributed by atoms with E-state index in [0.29, 0.717) is 43.0 Å². The standard InChI is InChI=1S/C23H28FN5O3/c1-15(30)29-13-12-28(11-10-25-22(31)18-4-2-3-5-20(18)29)23(32)19-14-26-27-21(19)16-6-8-17(24)9-7-16/h6-9,14,18,20H,2-5,10-13H2,1H3,(H,25,31)(H,26,27)/t18-,20+/m0/s1. The second kappa shape index (κ2) is 9.50. The van der Waals surface area contributed by atoms with E-state index in [1.54, 1.807) is 21.9 Å². The molecule has 2 heterocycles. The van der Waals surface area contributed by atoms with Gasteiger partial charge in [-0.25, -0.2) is 4.39 Å². The third-order valence-electron chi connectivity index (χ3n) is 6.45. The van der Waals surface area contributed by atoms with Gasteiger partial charge >= 0.3 is 0 Å². The summed E-state index contributed by atoms with van der Waals surface area (Å²) in [6, 6.07) is 5.69. The first kappa shape index (κ1) is 22.0. The topological polar surface area (TPSA) is 98.4 Å². The van der Waals surface area contributed by atoms with Crippen molar-refractivity contribution >= 4 is 17.7 Å². The van der Waals surface area contributed by atoms with Gasteiger partial charge < -0.3 is 15.1 Å². The number of hydrogen-bond acceptors (Lipinski definition) is 4. The molecule has 0 radical (unpaired) electrons. The van der Waals surface area contributed by atoms with Crippen LogP contribution in [-0.4, -0.2) is 69.9 Å². The van der Waals surface area contributed by atoms with Crippen LogP contribution in [0.1, 0.15) is 43.0 Å². The number of halogens is 1. The lowest BCUT2D eigenvalue weighted by molar-refractivity contribution is -0.137. The van der Waals surface area contributed by atoms with Gasteiger partial charge in [0.15, 0.2) is 0 Å². The zero-order valence-electron chi connectivity index (χ0n) is 18.1.